The van der Waals surface area contributed by atoms with E-state index in [9.17, 15) is 9.90 Å². The maximum atomic E-state index is 11.9. The number of Topliss-reactive ketones (excluding diaryl/α,β-unsaturated/α-hetero) is 1. The summed E-state index contributed by atoms with van der Waals surface area (Å²) in [5, 5.41) is 11.4. The molecule has 0 bridgehead atoms. The second-order valence-corrected chi connectivity index (χ2v) is 7.89. The highest BCUT2D eigenvalue weighted by Gasteiger charge is 2.47. The van der Waals surface area contributed by atoms with E-state index in [1.54, 1.807) is 6.08 Å². The number of carbonyl (C=O) groups is 1. The number of hydrogen-bond donors (Lipinski definition) is 1. The monoisotopic (exact) mass is 328 g/mol. The van der Waals surface area contributed by atoms with Crippen molar-refractivity contribution in [3.8, 4) is 0 Å². The van der Waals surface area contributed by atoms with E-state index in [0.717, 1.165) is 5.57 Å². The van der Waals surface area contributed by atoms with Gasteiger partial charge >= 0.3 is 0 Å². The molecule has 19 heavy (non-hydrogen) atoms. The highest BCUT2D eigenvalue weighted by molar-refractivity contribution is 9.09. The minimum absolute atomic E-state index is 0.119. The zero-order chi connectivity index (χ0) is 15.1. The smallest absolute Gasteiger partial charge is 0.153 e. The third-order valence-corrected chi connectivity index (χ3v) is 4.31. The number of alkyl halides is 1. The van der Waals surface area contributed by atoms with E-state index in [4.69, 9.17) is 0 Å². The molecule has 0 saturated heterocycles. The summed E-state index contributed by atoms with van der Waals surface area (Å²) < 4.78 is 0. The summed E-state index contributed by atoms with van der Waals surface area (Å²) in [6.07, 6.45) is 5.57. The third kappa shape index (κ3) is 3.19. The van der Waals surface area contributed by atoms with E-state index in [2.05, 4.69) is 36.7 Å². The first-order chi connectivity index (χ1) is 8.43. The van der Waals surface area contributed by atoms with E-state index in [1.165, 1.54) is 0 Å². The molecular weight excluding hydrogens is 304 g/mol. The van der Waals surface area contributed by atoms with Crippen molar-refractivity contribution >= 4 is 21.7 Å². The van der Waals surface area contributed by atoms with Gasteiger partial charge in [0.25, 0.3) is 0 Å². The van der Waals surface area contributed by atoms with Gasteiger partial charge in [0.05, 0.1) is 11.2 Å². The lowest BCUT2D eigenvalue weighted by atomic mass is 9.62. The van der Waals surface area contributed by atoms with E-state index >= 15 is 0 Å². The molecule has 0 radical (unpaired) electrons. The van der Waals surface area contributed by atoms with Gasteiger partial charge in [-0.15, -0.1) is 0 Å². The number of ketones is 1. The molecule has 0 amide bonds. The average molecular weight is 329 g/mol. The molecular formula is C16H25BrO2. The van der Waals surface area contributed by atoms with Crippen molar-refractivity contribution in [2.45, 2.75) is 47.1 Å². The van der Waals surface area contributed by atoms with Crippen LogP contribution in [0.4, 0.5) is 0 Å². The first-order valence-corrected chi connectivity index (χ1v) is 7.79. The molecule has 1 N–H and O–H groups in total. The minimum atomic E-state index is -1.01. The normalized spacial score (nSPS) is 28.2. The number of rotatable bonds is 2. The fourth-order valence-corrected chi connectivity index (χ4v) is 2.83. The Bertz CT molecular complexity index is 421. The van der Waals surface area contributed by atoms with Crippen LogP contribution in [0.3, 0.4) is 0 Å². The number of hydrogen-bond acceptors (Lipinski definition) is 2. The molecule has 0 spiro atoms. The second kappa shape index (κ2) is 5.17. The van der Waals surface area contributed by atoms with Crippen molar-refractivity contribution in [1.82, 2.24) is 0 Å². The zero-order valence-corrected chi connectivity index (χ0v) is 14.3. The highest BCUT2D eigenvalue weighted by atomic mass is 79.9. The van der Waals surface area contributed by atoms with Gasteiger partial charge in [-0.25, -0.2) is 0 Å². The average Bonchev–Trinajstić information content (AvgIpc) is 2.25. The van der Waals surface area contributed by atoms with Crippen molar-refractivity contribution in [3.63, 3.8) is 0 Å². The van der Waals surface area contributed by atoms with Crippen LogP contribution < -0.4 is 0 Å². The van der Waals surface area contributed by atoms with Gasteiger partial charge in [0, 0.05) is 0 Å². The topological polar surface area (TPSA) is 37.3 Å². The highest BCUT2D eigenvalue weighted by Crippen LogP contribution is 2.47. The Morgan fingerprint density at radius 1 is 1.32 bits per heavy atom. The van der Waals surface area contributed by atoms with Gasteiger partial charge in [-0.3, -0.25) is 4.79 Å². The van der Waals surface area contributed by atoms with Gasteiger partial charge in [-0.1, -0.05) is 75.7 Å². The van der Waals surface area contributed by atoms with Gasteiger partial charge in [0.15, 0.2) is 5.78 Å². The summed E-state index contributed by atoms with van der Waals surface area (Å²) in [5.41, 5.74) is -0.578. The van der Waals surface area contributed by atoms with E-state index in [0.29, 0.717) is 5.33 Å². The van der Waals surface area contributed by atoms with Crippen LogP contribution in [-0.2, 0) is 4.79 Å². The molecule has 2 unspecified atom stereocenters. The van der Waals surface area contributed by atoms with Crippen LogP contribution in [0.1, 0.15) is 41.5 Å². The van der Waals surface area contributed by atoms with E-state index in [1.807, 2.05) is 32.9 Å². The molecule has 1 rings (SSSR count). The second-order valence-electron chi connectivity index (χ2n) is 7.33. The van der Waals surface area contributed by atoms with Crippen molar-refractivity contribution in [1.29, 1.82) is 0 Å². The predicted octanol–water partition coefficient (Wildman–Crippen LogP) is 3.89. The quantitative estimate of drug-likeness (QED) is 0.616. The fourth-order valence-electron chi connectivity index (χ4n) is 2.46. The first-order valence-electron chi connectivity index (χ1n) is 6.66. The SMILES string of the molecule is CC(C)(C)C1=CC(C(=O)CBr)C=CC1(O)C(C)(C)C. The van der Waals surface area contributed by atoms with Crippen molar-refractivity contribution in [2.75, 3.05) is 5.33 Å². The first kappa shape index (κ1) is 16.6. The third-order valence-electron chi connectivity index (χ3n) is 3.76. The Morgan fingerprint density at radius 2 is 1.84 bits per heavy atom. The largest absolute Gasteiger partial charge is 0.381 e. The Balaban J connectivity index is 3.33. The zero-order valence-electron chi connectivity index (χ0n) is 12.7. The maximum Gasteiger partial charge on any atom is 0.153 e. The molecule has 1 aliphatic rings. The van der Waals surface area contributed by atoms with Crippen molar-refractivity contribution in [2.24, 2.45) is 16.7 Å². The summed E-state index contributed by atoms with van der Waals surface area (Å²) in [6, 6.07) is 0. The van der Waals surface area contributed by atoms with Crippen LogP contribution in [-0.4, -0.2) is 21.8 Å². The molecule has 0 aliphatic heterocycles. The minimum Gasteiger partial charge on any atom is -0.381 e. The molecule has 2 atom stereocenters. The molecule has 0 aromatic rings. The lowest BCUT2D eigenvalue weighted by Crippen LogP contribution is -2.48. The number of halogens is 1. The summed E-state index contributed by atoms with van der Waals surface area (Å²) >= 11 is 3.21. The molecule has 3 heteroatoms. The number of aliphatic hydroxyl groups is 1. The van der Waals surface area contributed by atoms with Crippen LogP contribution in [0, 0.1) is 16.7 Å². The van der Waals surface area contributed by atoms with Gasteiger partial charge in [-0.05, 0) is 16.4 Å². The Hall–Kier alpha value is -0.410. The Kier molecular flexibility index (Phi) is 4.53. The van der Waals surface area contributed by atoms with Crippen molar-refractivity contribution in [3.05, 3.63) is 23.8 Å². The summed E-state index contributed by atoms with van der Waals surface area (Å²) in [5.74, 6) is -0.120. The molecule has 0 aromatic heterocycles. The summed E-state index contributed by atoms with van der Waals surface area (Å²) in [4.78, 5) is 11.9. The maximum absolute atomic E-state index is 11.9. The standard InChI is InChI=1S/C16H25BrO2/c1-14(2,3)13-9-11(12(18)10-17)7-8-16(13,19)15(4,5)6/h7-9,11,19H,10H2,1-6H3. The van der Waals surface area contributed by atoms with Crippen LogP contribution in [0.25, 0.3) is 0 Å². The van der Waals surface area contributed by atoms with Gasteiger partial charge in [0.1, 0.15) is 5.60 Å². The molecule has 0 aromatic carbocycles. The molecule has 0 saturated carbocycles. The number of allylic oxidation sites excluding steroid dienone is 2. The predicted molar refractivity (Wildman–Crippen MR) is 83.4 cm³/mol. The molecule has 108 valence electrons. The summed E-state index contributed by atoms with van der Waals surface area (Å²) in [6.45, 7) is 12.3. The van der Waals surface area contributed by atoms with Gasteiger partial charge in [0.2, 0.25) is 0 Å². The van der Waals surface area contributed by atoms with Crippen molar-refractivity contribution < 1.29 is 9.90 Å². The number of carbonyl (C=O) groups excluding carboxylic acids is 1. The molecule has 0 fully saturated rings. The molecule has 0 heterocycles. The van der Waals surface area contributed by atoms with E-state index in [-0.39, 0.29) is 22.5 Å². The van der Waals surface area contributed by atoms with Crippen LogP contribution in [0.2, 0.25) is 0 Å². The Morgan fingerprint density at radius 3 is 2.21 bits per heavy atom. The fraction of sp³-hybridized carbons (Fsp3) is 0.688. The Labute approximate surface area is 125 Å². The lowest BCUT2D eigenvalue weighted by Gasteiger charge is -2.47. The molecule has 2 nitrogen and oxygen atoms in total. The van der Waals surface area contributed by atoms with Crippen LogP contribution in [0.5, 0.6) is 0 Å². The van der Waals surface area contributed by atoms with E-state index < -0.39 is 5.60 Å². The van der Waals surface area contributed by atoms with Gasteiger partial charge < -0.3 is 5.11 Å². The van der Waals surface area contributed by atoms with Gasteiger partial charge in [-0.2, -0.15) is 0 Å². The summed E-state index contributed by atoms with van der Waals surface area (Å²) in [7, 11) is 0. The molecule has 1 aliphatic carbocycles. The lowest BCUT2D eigenvalue weighted by molar-refractivity contribution is -0.118. The van der Waals surface area contributed by atoms with Crippen LogP contribution >= 0.6 is 15.9 Å². The van der Waals surface area contributed by atoms with Crippen LogP contribution in [0.15, 0.2) is 23.8 Å².